The van der Waals surface area contributed by atoms with Gasteiger partial charge in [0.15, 0.2) is 11.6 Å². The third kappa shape index (κ3) is 2.59. The van der Waals surface area contributed by atoms with Crippen LogP contribution in [0.1, 0.15) is 15.2 Å². The first-order valence-electron chi connectivity index (χ1n) is 4.99. The lowest BCUT2D eigenvalue weighted by Gasteiger charge is -2.07. The Morgan fingerprint density at radius 1 is 1.33 bits per heavy atom. The molecule has 1 aromatic heterocycles. The van der Waals surface area contributed by atoms with E-state index in [1.54, 1.807) is 18.4 Å². The molecule has 1 amide bonds. The predicted molar refractivity (Wildman–Crippen MR) is 71.1 cm³/mol. The first kappa shape index (κ1) is 13.2. The van der Waals surface area contributed by atoms with E-state index in [1.807, 2.05) is 0 Å². The highest BCUT2D eigenvalue weighted by molar-refractivity contribution is 9.10. The fourth-order valence-electron chi connectivity index (χ4n) is 1.44. The van der Waals surface area contributed by atoms with Gasteiger partial charge >= 0.3 is 0 Å². The normalized spacial score (nSPS) is 10.4. The molecule has 0 saturated heterocycles. The highest BCUT2D eigenvalue weighted by Gasteiger charge is 2.16. The van der Waals surface area contributed by atoms with Crippen LogP contribution in [0.4, 0.5) is 14.5 Å². The van der Waals surface area contributed by atoms with Crippen molar-refractivity contribution in [1.82, 2.24) is 0 Å². The van der Waals surface area contributed by atoms with Crippen LogP contribution in [0, 0.1) is 18.6 Å². The summed E-state index contributed by atoms with van der Waals surface area (Å²) in [4.78, 5) is 12.3. The predicted octanol–water partition coefficient (Wildman–Crippen LogP) is 4.35. The van der Waals surface area contributed by atoms with Gasteiger partial charge < -0.3 is 5.32 Å². The molecule has 0 radical (unpaired) electrons. The highest BCUT2D eigenvalue weighted by Crippen LogP contribution is 2.25. The Bertz CT molecular complexity index is 589. The molecule has 1 N–H and O–H groups in total. The molecule has 0 saturated carbocycles. The summed E-state index contributed by atoms with van der Waals surface area (Å²) in [5.41, 5.74) is 0.339. The van der Waals surface area contributed by atoms with Crippen LogP contribution in [0.15, 0.2) is 28.1 Å². The quantitative estimate of drug-likeness (QED) is 0.870. The zero-order valence-electron chi connectivity index (χ0n) is 9.26. The molecule has 1 heterocycles. The number of anilines is 1. The average molecular weight is 332 g/mol. The van der Waals surface area contributed by atoms with Crippen LogP contribution in [0.25, 0.3) is 0 Å². The number of halogens is 3. The molecule has 0 spiro atoms. The molecule has 0 aliphatic rings. The molecule has 2 rings (SSSR count). The van der Waals surface area contributed by atoms with Gasteiger partial charge in [0, 0.05) is 4.47 Å². The zero-order chi connectivity index (χ0) is 13.3. The third-order valence-electron chi connectivity index (χ3n) is 2.31. The Hall–Kier alpha value is -1.27. The second-order valence-corrected chi connectivity index (χ2v) is 5.46. The highest BCUT2D eigenvalue weighted by atomic mass is 79.9. The Kier molecular flexibility index (Phi) is 3.77. The number of rotatable bonds is 2. The van der Waals surface area contributed by atoms with Crippen molar-refractivity contribution in [1.29, 1.82) is 0 Å². The molecular formula is C12H8BrF2NOS. The number of hydrogen-bond donors (Lipinski definition) is 1. The maximum atomic E-state index is 13.5. The number of carbonyl (C=O) groups excluding carboxylic acids is 1. The van der Waals surface area contributed by atoms with Crippen molar-refractivity contribution >= 4 is 38.9 Å². The molecule has 0 atom stereocenters. The molecule has 2 nitrogen and oxygen atoms in total. The van der Waals surface area contributed by atoms with Crippen LogP contribution in [0.3, 0.4) is 0 Å². The van der Waals surface area contributed by atoms with E-state index in [0.29, 0.717) is 4.88 Å². The minimum atomic E-state index is -0.815. The van der Waals surface area contributed by atoms with E-state index in [4.69, 9.17) is 0 Å². The van der Waals surface area contributed by atoms with E-state index in [1.165, 1.54) is 11.3 Å². The second-order valence-electron chi connectivity index (χ2n) is 3.63. The molecule has 2 aromatic rings. The topological polar surface area (TPSA) is 29.1 Å². The summed E-state index contributed by atoms with van der Waals surface area (Å²) in [6.45, 7) is 1.76. The molecule has 6 heteroatoms. The van der Waals surface area contributed by atoms with Gasteiger partial charge in [0.1, 0.15) is 5.69 Å². The van der Waals surface area contributed by atoms with Crippen LogP contribution in [-0.2, 0) is 0 Å². The SMILES string of the molecule is Cc1ccsc1C(=O)Nc1c(F)cc(Br)cc1F. The van der Waals surface area contributed by atoms with Gasteiger partial charge in [-0.1, -0.05) is 15.9 Å². The van der Waals surface area contributed by atoms with Gasteiger partial charge in [0.05, 0.1) is 4.88 Å². The lowest BCUT2D eigenvalue weighted by Crippen LogP contribution is -2.14. The Balaban J connectivity index is 2.31. The summed E-state index contributed by atoms with van der Waals surface area (Å²) < 4.78 is 27.3. The second kappa shape index (κ2) is 5.16. The van der Waals surface area contributed by atoms with E-state index in [0.717, 1.165) is 17.7 Å². The maximum Gasteiger partial charge on any atom is 0.266 e. The van der Waals surface area contributed by atoms with E-state index < -0.39 is 23.2 Å². The van der Waals surface area contributed by atoms with Gasteiger partial charge in [-0.2, -0.15) is 0 Å². The number of benzene rings is 1. The van der Waals surface area contributed by atoms with E-state index >= 15 is 0 Å². The zero-order valence-corrected chi connectivity index (χ0v) is 11.7. The van der Waals surface area contributed by atoms with E-state index in [9.17, 15) is 13.6 Å². The summed E-state index contributed by atoms with van der Waals surface area (Å²) >= 11 is 4.20. The fraction of sp³-hybridized carbons (Fsp3) is 0.0833. The van der Waals surface area contributed by atoms with E-state index in [2.05, 4.69) is 21.2 Å². The standard InChI is InChI=1S/C12H8BrF2NOS/c1-6-2-3-18-11(6)12(17)16-10-8(14)4-7(13)5-9(10)15/h2-5H,1H3,(H,16,17). The summed E-state index contributed by atoms with van der Waals surface area (Å²) in [5, 5.41) is 4.00. The van der Waals surface area contributed by atoms with Crippen molar-refractivity contribution in [2.75, 3.05) is 5.32 Å². The number of thiophene rings is 1. The number of nitrogens with one attached hydrogen (secondary N) is 1. The molecule has 18 heavy (non-hydrogen) atoms. The van der Waals surface area contributed by atoms with E-state index in [-0.39, 0.29) is 4.47 Å². The van der Waals surface area contributed by atoms with Crippen molar-refractivity contribution in [2.24, 2.45) is 0 Å². The lowest BCUT2D eigenvalue weighted by molar-refractivity contribution is 0.102. The number of amides is 1. The largest absolute Gasteiger partial charge is 0.316 e. The smallest absolute Gasteiger partial charge is 0.266 e. The number of aryl methyl sites for hydroxylation is 1. The Morgan fingerprint density at radius 2 is 1.94 bits per heavy atom. The molecule has 0 fully saturated rings. The van der Waals surface area contributed by atoms with Crippen LogP contribution < -0.4 is 5.32 Å². The molecule has 0 aliphatic heterocycles. The number of hydrogen-bond acceptors (Lipinski definition) is 2. The monoisotopic (exact) mass is 331 g/mol. The van der Waals surface area contributed by atoms with Crippen molar-refractivity contribution in [3.8, 4) is 0 Å². The molecule has 0 unspecified atom stereocenters. The molecule has 0 aliphatic carbocycles. The van der Waals surface area contributed by atoms with Gasteiger partial charge in [-0.05, 0) is 36.1 Å². The van der Waals surface area contributed by atoms with Gasteiger partial charge in [0.2, 0.25) is 0 Å². The maximum absolute atomic E-state index is 13.5. The molecule has 94 valence electrons. The van der Waals surface area contributed by atoms with Crippen LogP contribution in [-0.4, -0.2) is 5.91 Å². The van der Waals surface area contributed by atoms with Crippen molar-refractivity contribution in [3.63, 3.8) is 0 Å². The Labute approximate surface area is 115 Å². The van der Waals surface area contributed by atoms with Gasteiger partial charge in [0.25, 0.3) is 5.91 Å². The minimum absolute atomic E-state index is 0.280. The Morgan fingerprint density at radius 3 is 2.44 bits per heavy atom. The van der Waals surface area contributed by atoms with Gasteiger partial charge in [-0.25, -0.2) is 8.78 Å². The summed E-state index contributed by atoms with van der Waals surface area (Å²) in [7, 11) is 0. The van der Waals surface area contributed by atoms with Crippen LogP contribution in [0.5, 0.6) is 0 Å². The summed E-state index contributed by atoms with van der Waals surface area (Å²) in [6.07, 6.45) is 0. The average Bonchev–Trinajstić information content (AvgIpc) is 2.69. The van der Waals surface area contributed by atoms with Gasteiger partial charge in [-0.15, -0.1) is 11.3 Å². The first-order valence-corrected chi connectivity index (χ1v) is 6.66. The fourth-order valence-corrected chi connectivity index (χ4v) is 2.66. The first-order chi connectivity index (χ1) is 8.49. The third-order valence-corrected chi connectivity index (χ3v) is 3.79. The van der Waals surface area contributed by atoms with Gasteiger partial charge in [-0.3, -0.25) is 4.79 Å². The lowest BCUT2D eigenvalue weighted by atomic mass is 10.2. The molecule has 1 aromatic carbocycles. The molecule has 0 bridgehead atoms. The summed E-state index contributed by atoms with van der Waals surface area (Å²) in [5.74, 6) is -2.14. The van der Waals surface area contributed by atoms with Crippen LogP contribution >= 0.6 is 27.3 Å². The van der Waals surface area contributed by atoms with Crippen LogP contribution in [0.2, 0.25) is 0 Å². The number of carbonyl (C=O) groups is 1. The van der Waals surface area contributed by atoms with Crippen molar-refractivity contribution in [2.45, 2.75) is 6.92 Å². The van der Waals surface area contributed by atoms with Crippen molar-refractivity contribution < 1.29 is 13.6 Å². The minimum Gasteiger partial charge on any atom is -0.316 e. The molecular weight excluding hydrogens is 324 g/mol. The summed E-state index contributed by atoms with van der Waals surface area (Å²) in [6, 6.07) is 3.97. The van der Waals surface area contributed by atoms with Crippen molar-refractivity contribution in [3.05, 3.63) is 50.1 Å².